The second kappa shape index (κ2) is 9.51. The summed E-state index contributed by atoms with van der Waals surface area (Å²) in [5.74, 6) is -2.42. The van der Waals surface area contributed by atoms with Crippen molar-refractivity contribution >= 4 is 45.5 Å². The molecule has 2 N–H and O–H groups in total. The molecule has 0 aliphatic carbocycles. The molecule has 1 aliphatic heterocycles. The van der Waals surface area contributed by atoms with Gasteiger partial charge in [0.15, 0.2) is 11.5 Å². The number of nitrogens with zero attached hydrogens (tertiary/aromatic N) is 1. The number of nitrogens with one attached hydrogen (secondary N) is 2. The van der Waals surface area contributed by atoms with Crippen molar-refractivity contribution in [1.82, 2.24) is 10.6 Å². The van der Waals surface area contributed by atoms with Gasteiger partial charge in [0.25, 0.3) is 11.8 Å². The number of benzene rings is 2. The first-order valence-electron chi connectivity index (χ1n) is 9.29. The number of amides is 4. The van der Waals surface area contributed by atoms with E-state index < -0.39 is 45.9 Å². The molecule has 0 unspecified atom stereocenters. The normalized spacial score (nSPS) is 13.8. The molecule has 1 saturated heterocycles. The molecule has 14 heteroatoms. The number of carbonyl (C=O) groups excluding carboxylic acids is 3. The monoisotopic (exact) mass is 543 g/mol. The lowest BCUT2D eigenvalue weighted by atomic mass is 10.1. The van der Waals surface area contributed by atoms with E-state index in [1.54, 1.807) is 6.92 Å². The predicted octanol–water partition coefficient (Wildman–Crippen LogP) is 4.32. The van der Waals surface area contributed by atoms with Crippen molar-refractivity contribution in [3.05, 3.63) is 61.6 Å². The summed E-state index contributed by atoms with van der Waals surface area (Å²) in [6.45, 7) is 1.73. The zero-order chi connectivity index (χ0) is 25.2. The zero-order valence-electron chi connectivity index (χ0n) is 17.0. The molecule has 0 saturated carbocycles. The van der Waals surface area contributed by atoms with Crippen LogP contribution in [-0.4, -0.2) is 29.4 Å². The van der Waals surface area contributed by atoms with Gasteiger partial charge in [-0.1, -0.05) is 0 Å². The molecule has 2 aromatic rings. The number of urea groups is 1. The quantitative estimate of drug-likeness (QED) is 0.239. The molecule has 0 spiro atoms. The highest BCUT2D eigenvalue weighted by atomic mass is 79.9. The Morgan fingerprint density at radius 2 is 1.74 bits per heavy atom. The molecule has 1 heterocycles. The summed E-state index contributed by atoms with van der Waals surface area (Å²) >= 11 is 3.20. The number of carbonyl (C=O) groups is 3. The first-order valence-corrected chi connectivity index (χ1v) is 10.1. The molecule has 4 amide bonds. The number of ether oxygens (including phenoxy) is 2. The van der Waals surface area contributed by atoms with Crippen molar-refractivity contribution in [1.29, 1.82) is 0 Å². The molecule has 178 valence electrons. The van der Waals surface area contributed by atoms with Crippen molar-refractivity contribution in [3.63, 3.8) is 0 Å². The molecule has 0 atom stereocenters. The van der Waals surface area contributed by atoms with Gasteiger partial charge in [-0.2, -0.15) is 13.2 Å². The summed E-state index contributed by atoms with van der Waals surface area (Å²) in [6, 6.07) is 3.54. The minimum atomic E-state index is -4.79. The van der Waals surface area contributed by atoms with Crippen molar-refractivity contribution in [2.24, 2.45) is 0 Å². The number of barbiturate groups is 1. The van der Waals surface area contributed by atoms with Gasteiger partial charge in [0.05, 0.1) is 21.6 Å². The van der Waals surface area contributed by atoms with Gasteiger partial charge < -0.3 is 9.47 Å². The molecule has 3 rings (SSSR count). The van der Waals surface area contributed by atoms with Crippen LogP contribution in [0.15, 0.2) is 40.4 Å². The zero-order valence-corrected chi connectivity index (χ0v) is 18.6. The molecule has 0 aromatic heterocycles. The van der Waals surface area contributed by atoms with Crippen LogP contribution in [0.25, 0.3) is 6.08 Å². The number of halogens is 4. The van der Waals surface area contributed by atoms with E-state index in [2.05, 4.69) is 15.9 Å². The van der Waals surface area contributed by atoms with Crippen LogP contribution in [0, 0.1) is 10.1 Å². The average Bonchev–Trinajstić information content (AvgIpc) is 2.72. The van der Waals surface area contributed by atoms with E-state index in [1.807, 2.05) is 10.6 Å². The Morgan fingerprint density at radius 1 is 1.09 bits per heavy atom. The first kappa shape index (κ1) is 24.7. The van der Waals surface area contributed by atoms with Gasteiger partial charge in [-0.05, 0) is 58.8 Å². The minimum absolute atomic E-state index is 0.00521. The van der Waals surface area contributed by atoms with Crippen LogP contribution in [0.2, 0.25) is 0 Å². The maximum Gasteiger partial charge on any atom is 0.416 e. The number of rotatable bonds is 6. The van der Waals surface area contributed by atoms with E-state index >= 15 is 0 Å². The number of nitro groups is 1. The van der Waals surface area contributed by atoms with Crippen molar-refractivity contribution < 1.29 is 42.0 Å². The molecule has 10 nitrogen and oxygen atoms in total. The Kier molecular flexibility index (Phi) is 6.91. The van der Waals surface area contributed by atoms with Crippen LogP contribution in [0.5, 0.6) is 17.2 Å². The predicted molar refractivity (Wildman–Crippen MR) is 113 cm³/mol. The van der Waals surface area contributed by atoms with Crippen LogP contribution in [0.4, 0.5) is 23.7 Å². The van der Waals surface area contributed by atoms with Gasteiger partial charge in [-0.25, -0.2) is 4.79 Å². The molecule has 0 radical (unpaired) electrons. The lowest BCUT2D eigenvalue weighted by Crippen LogP contribution is -2.51. The Hall–Kier alpha value is -3.94. The van der Waals surface area contributed by atoms with Gasteiger partial charge >= 0.3 is 17.9 Å². The van der Waals surface area contributed by atoms with Crippen molar-refractivity contribution in [2.75, 3.05) is 6.61 Å². The van der Waals surface area contributed by atoms with E-state index in [0.717, 1.165) is 12.1 Å². The topological polar surface area (TPSA) is 137 Å². The number of hydrogen-bond donors (Lipinski definition) is 2. The number of hydrogen-bond acceptors (Lipinski definition) is 7. The maximum absolute atomic E-state index is 13.0. The summed E-state index contributed by atoms with van der Waals surface area (Å²) in [6.07, 6.45) is -3.63. The van der Waals surface area contributed by atoms with Crippen LogP contribution >= 0.6 is 15.9 Å². The highest BCUT2D eigenvalue weighted by Crippen LogP contribution is 2.44. The SMILES string of the molecule is CCOc1cc(C=C2C(=O)NC(=O)NC2=O)cc(Br)c1Oc1ccc(C(F)(F)F)cc1[N+](=O)[O-]. The summed E-state index contributed by atoms with van der Waals surface area (Å²) in [5, 5.41) is 15.2. The Bertz CT molecular complexity index is 1220. The second-order valence-electron chi connectivity index (χ2n) is 6.60. The Morgan fingerprint density at radius 3 is 2.29 bits per heavy atom. The molecule has 34 heavy (non-hydrogen) atoms. The lowest BCUT2D eigenvalue weighted by Gasteiger charge is -2.16. The molecule has 2 aromatic carbocycles. The second-order valence-corrected chi connectivity index (χ2v) is 7.45. The molecular formula is C20H13BrF3N3O7. The highest BCUT2D eigenvalue weighted by molar-refractivity contribution is 9.10. The largest absolute Gasteiger partial charge is 0.490 e. The van der Waals surface area contributed by atoms with E-state index in [1.165, 1.54) is 12.1 Å². The third kappa shape index (κ3) is 5.33. The molecule has 0 bridgehead atoms. The highest BCUT2D eigenvalue weighted by Gasteiger charge is 2.34. The summed E-state index contributed by atoms with van der Waals surface area (Å²) in [5.41, 5.74) is -2.27. The summed E-state index contributed by atoms with van der Waals surface area (Å²) in [7, 11) is 0. The molecule has 1 fully saturated rings. The average molecular weight is 544 g/mol. The van der Waals surface area contributed by atoms with Crippen LogP contribution < -0.4 is 20.1 Å². The fraction of sp³-hybridized carbons (Fsp3) is 0.150. The third-order valence-corrected chi connectivity index (χ3v) is 4.87. The third-order valence-electron chi connectivity index (χ3n) is 4.28. The molecular weight excluding hydrogens is 531 g/mol. The van der Waals surface area contributed by atoms with Gasteiger partial charge in [0.1, 0.15) is 5.57 Å². The Labute approximate surface area is 197 Å². The van der Waals surface area contributed by atoms with Gasteiger partial charge in [-0.15, -0.1) is 0 Å². The van der Waals surface area contributed by atoms with Crippen LogP contribution in [0.1, 0.15) is 18.1 Å². The lowest BCUT2D eigenvalue weighted by molar-refractivity contribution is -0.385. The van der Waals surface area contributed by atoms with E-state index in [4.69, 9.17) is 9.47 Å². The Balaban J connectivity index is 2.04. The number of imide groups is 2. The fourth-order valence-electron chi connectivity index (χ4n) is 2.84. The van der Waals surface area contributed by atoms with Gasteiger partial charge in [0, 0.05) is 6.07 Å². The van der Waals surface area contributed by atoms with Crippen molar-refractivity contribution in [2.45, 2.75) is 13.1 Å². The van der Waals surface area contributed by atoms with Crippen LogP contribution in [-0.2, 0) is 15.8 Å². The van der Waals surface area contributed by atoms with Crippen molar-refractivity contribution in [3.8, 4) is 17.2 Å². The number of nitro benzene ring substituents is 1. The summed E-state index contributed by atoms with van der Waals surface area (Å²) in [4.78, 5) is 45.4. The van der Waals surface area contributed by atoms with Crippen LogP contribution in [0.3, 0.4) is 0 Å². The fourth-order valence-corrected chi connectivity index (χ4v) is 3.38. The maximum atomic E-state index is 13.0. The van der Waals surface area contributed by atoms with E-state index in [0.29, 0.717) is 12.1 Å². The molecule has 1 aliphatic rings. The van der Waals surface area contributed by atoms with E-state index in [-0.39, 0.29) is 33.7 Å². The van der Waals surface area contributed by atoms with Gasteiger partial charge in [-0.3, -0.25) is 30.3 Å². The van der Waals surface area contributed by atoms with E-state index in [9.17, 15) is 37.7 Å². The summed E-state index contributed by atoms with van der Waals surface area (Å²) < 4.78 is 50.1. The number of alkyl halides is 3. The minimum Gasteiger partial charge on any atom is -0.490 e. The standard InChI is InChI=1S/C20H13BrF3N3O7/c1-2-33-15-7-9(5-11-17(28)25-19(30)26-18(11)29)6-12(21)16(15)34-14-4-3-10(20(22,23)24)8-13(14)27(31)32/h3-8H,2H2,1H3,(H2,25,26,28,29,30). The first-order chi connectivity index (χ1) is 15.9. The smallest absolute Gasteiger partial charge is 0.416 e. The van der Waals surface area contributed by atoms with Gasteiger partial charge in [0.2, 0.25) is 5.75 Å².